The smallest absolute Gasteiger partial charge is 0.189 e. The lowest BCUT2D eigenvalue weighted by Gasteiger charge is -2.22. The second kappa shape index (κ2) is 27.1. The monoisotopic (exact) mass is 451 g/mol. The van der Waals surface area contributed by atoms with Crippen molar-refractivity contribution in [2.24, 2.45) is 0 Å². The zero-order valence-corrected chi connectivity index (χ0v) is 21.7. The number of ether oxygens (including phenoxy) is 1. The van der Waals surface area contributed by atoms with Crippen LogP contribution in [0.4, 0.5) is 0 Å². The largest absolute Gasteiger partial charge is 0.392 e. The van der Waals surface area contributed by atoms with E-state index in [1.807, 2.05) is 6.92 Å². The van der Waals surface area contributed by atoms with Gasteiger partial charge in [-0.3, -0.25) is 4.57 Å². The van der Waals surface area contributed by atoms with Gasteiger partial charge in [0.25, 0.3) is 0 Å². The van der Waals surface area contributed by atoms with Crippen molar-refractivity contribution in [1.29, 1.82) is 0 Å². The van der Waals surface area contributed by atoms with E-state index in [1.54, 1.807) is 0 Å². The lowest BCUT2D eigenvalue weighted by Crippen LogP contribution is -2.32. The Morgan fingerprint density at radius 1 is 0.767 bits per heavy atom. The average molecular weight is 452 g/mol. The highest BCUT2D eigenvalue weighted by molar-refractivity contribution is 7.37. The second-order valence-electron chi connectivity index (χ2n) is 8.44. The van der Waals surface area contributed by atoms with Gasteiger partial charge in [-0.05, 0) is 45.7 Å². The van der Waals surface area contributed by atoms with Gasteiger partial charge in [0.2, 0.25) is 0 Å². The maximum absolute atomic E-state index is 10.4. The van der Waals surface area contributed by atoms with Crippen molar-refractivity contribution < 1.29 is 19.3 Å². The first kappa shape index (κ1) is 32.3. The summed E-state index contributed by atoms with van der Waals surface area (Å²) in [5, 5.41) is 9.13. The number of hydrogen-bond donors (Lipinski definition) is 2. The van der Waals surface area contributed by atoms with Crippen LogP contribution in [-0.2, 0) is 9.30 Å². The van der Waals surface area contributed by atoms with Gasteiger partial charge < -0.3 is 19.6 Å². The highest BCUT2D eigenvalue weighted by Crippen LogP contribution is 2.13. The summed E-state index contributed by atoms with van der Waals surface area (Å²) in [5.74, 6) is 0. The van der Waals surface area contributed by atoms with Crippen molar-refractivity contribution in [2.75, 3.05) is 39.0 Å². The zero-order chi connectivity index (χ0) is 22.9. The Balaban J connectivity index is 0. The molecule has 0 bridgehead atoms. The molecule has 2 unspecified atom stereocenters. The molecule has 0 heterocycles. The van der Waals surface area contributed by atoms with Crippen LogP contribution in [0.5, 0.6) is 0 Å². The summed E-state index contributed by atoms with van der Waals surface area (Å²) in [4.78, 5) is 10.9. The van der Waals surface area contributed by atoms with E-state index in [1.165, 1.54) is 70.6 Å². The van der Waals surface area contributed by atoms with Crippen molar-refractivity contribution in [1.82, 2.24) is 4.90 Å². The lowest BCUT2D eigenvalue weighted by molar-refractivity contribution is 0.126. The fourth-order valence-corrected chi connectivity index (χ4v) is 3.87. The van der Waals surface area contributed by atoms with Gasteiger partial charge in [0.05, 0.1) is 6.10 Å². The Morgan fingerprint density at radius 2 is 1.23 bits per heavy atom. The Labute approximate surface area is 188 Å². The molecule has 2 N–H and O–H groups in total. The molecule has 0 aromatic carbocycles. The van der Waals surface area contributed by atoms with E-state index in [0.717, 1.165) is 32.7 Å². The molecule has 2 atom stereocenters. The van der Waals surface area contributed by atoms with E-state index in [4.69, 9.17) is 14.7 Å². The molecular weight excluding hydrogens is 397 g/mol. The van der Waals surface area contributed by atoms with Crippen LogP contribution < -0.4 is 0 Å². The summed E-state index contributed by atoms with van der Waals surface area (Å²) in [7, 11) is -2.28. The highest BCUT2D eigenvalue weighted by atomic mass is 31.1. The Kier molecular flexibility index (Phi) is 29.1. The molecule has 0 aliphatic heterocycles. The lowest BCUT2D eigenvalue weighted by atomic mass is 10.1. The summed E-state index contributed by atoms with van der Waals surface area (Å²) in [6.45, 7) is 12.9. The summed E-state index contributed by atoms with van der Waals surface area (Å²) < 4.78 is 15.9. The molecule has 0 aliphatic rings. The third kappa shape index (κ3) is 30.3. The van der Waals surface area contributed by atoms with E-state index in [9.17, 15) is 4.57 Å². The first-order valence-electron chi connectivity index (χ1n) is 12.7. The first-order chi connectivity index (χ1) is 14.5. The average Bonchev–Trinajstić information content (AvgIpc) is 2.68. The summed E-state index contributed by atoms with van der Waals surface area (Å²) >= 11 is 0. The third-order valence-electron chi connectivity index (χ3n) is 4.92. The molecule has 6 heteroatoms. The van der Waals surface area contributed by atoms with Gasteiger partial charge in [-0.1, -0.05) is 78.6 Å². The Bertz CT molecular complexity index is 337. The van der Waals surface area contributed by atoms with Gasteiger partial charge in [0.1, 0.15) is 0 Å². The molecule has 0 fully saturated rings. The van der Waals surface area contributed by atoms with Crippen LogP contribution in [0.15, 0.2) is 0 Å². The van der Waals surface area contributed by atoms with Gasteiger partial charge >= 0.3 is 0 Å². The molecule has 5 nitrogen and oxygen atoms in total. The van der Waals surface area contributed by atoms with Gasteiger partial charge in [-0.25, -0.2) is 0 Å². The normalized spacial score (nSPS) is 13.2. The van der Waals surface area contributed by atoms with E-state index in [2.05, 4.69) is 25.7 Å². The number of aliphatic hydroxyl groups excluding tert-OH is 1. The van der Waals surface area contributed by atoms with Crippen LogP contribution in [0.2, 0.25) is 0 Å². The summed E-state index contributed by atoms with van der Waals surface area (Å²) in [6, 6.07) is 0. The minimum Gasteiger partial charge on any atom is -0.392 e. The van der Waals surface area contributed by atoms with Crippen LogP contribution in [0, 0.1) is 0 Å². The number of unbranched alkanes of at least 4 members (excludes halogenated alkanes) is 9. The van der Waals surface area contributed by atoms with Crippen LogP contribution in [-0.4, -0.2) is 60.0 Å². The zero-order valence-electron chi connectivity index (χ0n) is 20.7. The molecule has 0 saturated heterocycles. The minimum atomic E-state index is -2.28. The van der Waals surface area contributed by atoms with E-state index in [0.29, 0.717) is 19.2 Å². The topological polar surface area (TPSA) is 70.0 Å². The molecule has 0 spiro atoms. The quantitative estimate of drug-likeness (QED) is 0.159. The molecule has 0 rings (SSSR count). The SMILES string of the molecule is CCCCCCCCCCCCOCCC[PH](=O)O.CCCN(CCC)CC(C)O. The minimum absolute atomic E-state index is 0.187. The number of hydrogen-bond acceptors (Lipinski definition) is 4. The van der Waals surface area contributed by atoms with E-state index in [-0.39, 0.29) is 6.10 Å². The van der Waals surface area contributed by atoms with Gasteiger partial charge in [0.15, 0.2) is 8.03 Å². The Morgan fingerprint density at radius 3 is 1.67 bits per heavy atom. The number of nitrogens with zero attached hydrogens (tertiary/aromatic N) is 1. The standard InChI is InChI=1S/C15H33O3P.C9H21NO/c1-2-3-4-5-6-7-8-9-10-11-13-18-14-12-15-19(16)17;1-4-6-10(7-5-2)8-9(3)11/h19H,2-15H2,1H3,(H,16,17);9,11H,4-8H2,1-3H3. The predicted molar refractivity (Wildman–Crippen MR) is 132 cm³/mol. The highest BCUT2D eigenvalue weighted by Gasteiger charge is 2.04. The molecule has 0 amide bonds. The van der Waals surface area contributed by atoms with Crippen molar-refractivity contribution in [2.45, 2.75) is 117 Å². The van der Waals surface area contributed by atoms with E-state index >= 15 is 0 Å². The molecule has 0 aromatic rings. The van der Waals surface area contributed by atoms with Gasteiger partial charge in [-0.15, -0.1) is 0 Å². The van der Waals surface area contributed by atoms with Crippen LogP contribution in [0.25, 0.3) is 0 Å². The maximum Gasteiger partial charge on any atom is 0.189 e. The fraction of sp³-hybridized carbons (Fsp3) is 1.00. The number of aliphatic hydroxyl groups is 1. The second-order valence-corrected chi connectivity index (χ2v) is 9.73. The van der Waals surface area contributed by atoms with Crippen molar-refractivity contribution in [3.8, 4) is 0 Å². The maximum atomic E-state index is 10.4. The van der Waals surface area contributed by atoms with Crippen molar-refractivity contribution in [3.63, 3.8) is 0 Å². The van der Waals surface area contributed by atoms with Gasteiger partial charge in [0, 0.05) is 25.9 Å². The molecule has 0 radical (unpaired) electrons. The summed E-state index contributed by atoms with van der Waals surface area (Å²) in [5.41, 5.74) is 0. The van der Waals surface area contributed by atoms with Gasteiger partial charge in [-0.2, -0.15) is 0 Å². The Hall–Kier alpha value is 0.0700. The summed E-state index contributed by atoms with van der Waals surface area (Å²) in [6.07, 6.45) is 16.7. The molecular formula is C24H54NO4P. The molecule has 184 valence electrons. The van der Waals surface area contributed by atoms with E-state index < -0.39 is 8.03 Å². The predicted octanol–water partition coefficient (Wildman–Crippen LogP) is 6.27. The third-order valence-corrected chi connectivity index (χ3v) is 5.70. The van der Waals surface area contributed by atoms with Crippen LogP contribution >= 0.6 is 8.03 Å². The van der Waals surface area contributed by atoms with Crippen molar-refractivity contribution in [3.05, 3.63) is 0 Å². The van der Waals surface area contributed by atoms with Crippen LogP contribution in [0.1, 0.15) is 111 Å². The molecule has 0 saturated carbocycles. The molecule has 30 heavy (non-hydrogen) atoms. The number of rotatable bonds is 21. The van der Waals surface area contributed by atoms with Crippen molar-refractivity contribution >= 4 is 8.03 Å². The molecule has 0 aliphatic carbocycles. The fourth-order valence-electron chi connectivity index (χ4n) is 3.42. The van der Waals surface area contributed by atoms with Crippen LogP contribution in [0.3, 0.4) is 0 Å². The first-order valence-corrected chi connectivity index (χ1v) is 14.2. The molecule has 0 aromatic heterocycles.